The second kappa shape index (κ2) is 8.25. The molecule has 3 fully saturated rings. The van der Waals surface area contributed by atoms with Crippen LogP contribution in [-0.2, 0) is 4.79 Å². The number of carboxylic acids is 1. The molecule has 8 atom stereocenters. The highest BCUT2D eigenvalue weighted by Gasteiger charge is 2.65. The molecule has 4 aliphatic carbocycles. The van der Waals surface area contributed by atoms with E-state index in [1.54, 1.807) is 5.57 Å². The number of carboxylic acid groups (broad SMARTS) is 1. The Balaban J connectivity index is 1.67. The van der Waals surface area contributed by atoms with Crippen LogP contribution in [0.4, 0.5) is 0 Å². The molecule has 3 nitrogen and oxygen atoms in total. The molecule has 0 aromatic rings. The van der Waals surface area contributed by atoms with Crippen molar-refractivity contribution in [2.24, 2.45) is 45.3 Å². The van der Waals surface area contributed by atoms with E-state index in [2.05, 4.69) is 60.6 Å². The summed E-state index contributed by atoms with van der Waals surface area (Å²) < 4.78 is 0. The maximum atomic E-state index is 12.4. The lowest BCUT2D eigenvalue weighted by molar-refractivity contribution is -0.149. The lowest BCUT2D eigenvalue weighted by Crippen LogP contribution is -2.58. The molecule has 0 amide bonds. The summed E-state index contributed by atoms with van der Waals surface area (Å²) in [7, 11) is 0. The molecule has 3 saturated carbocycles. The number of aliphatic hydroxyl groups excluding tert-OH is 1. The maximum absolute atomic E-state index is 12.4. The zero-order valence-corrected chi connectivity index (χ0v) is 22.2. The quantitative estimate of drug-likeness (QED) is 0.424. The van der Waals surface area contributed by atoms with Crippen LogP contribution in [0.25, 0.3) is 0 Å². The summed E-state index contributed by atoms with van der Waals surface area (Å²) >= 11 is 0. The van der Waals surface area contributed by atoms with Crippen molar-refractivity contribution in [1.82, 2.24) is 0 Å². The Hall–Kier alpha value is -1.09. The van der Waals surface area contributed by atoms with Gasteiger partial charge in [-0.25, -0.2) is 0 Å². The second-order valence-electron chi connectivity index (χ2n) is 13.6. The Bertz CT molecular complexity index is 849. The number of aliphatic carboxylic acids is 1. The van der Waals surface area contributed by atoms with Gasteiger partial charge in [-0.05, 0) is 111 Å². The van der Waals surface area contributed by atoms with E-state index in [4.69, 9.17) is 0 Å². The summed E-state index contributed by atoms with van der Waals surface area (Å²) in [6.07, 6.45) is 13.7. The number of rotatable bonds is 5. The molecule has 4 aliphatic rings. The molecule has 0 aromatic heterocycles. The number of aliphatic hydroxyl groups is 1. The van der Waals surface area contributed by atoms with Gasteiger partial charge in [-0.15, -0.1) is 0 Å². The minimum absolute atomic E-state index is 0.0474. The highest BCUT2D eigenvalue weighted by atomic mass is 16.4. The molecule has 33 heavy (non-hydrogen) atoms. The molecule has 0 heterocycles. The van der Waals surface area contributed by atoms with Gasteiger partial charge >= 0.3 is 5.97 Å². The molecule has 0 bridgehead atoms. The Labute approximate surface area is 202 Å². The first-order valence-electron chi connectivity index (χ1n) is 13.5. The summed E-state index contributed by atoms with van der Waals surface area (Å²) in [6.45, 7) is 16.2. The summed E-state index contributed by atoms with van der Waals surface area (Å²) in [4.78, 5) is 12.4. The summed E-state index contributed by atoms with van der Waals surface area (Å²) in [6, 6.07) is 0. The van der Waals surface area contributed by atoms with Crippen molar-refractivity contribution >= 4 is 5.97 Å². The first-order chi connectivity index (χ1) is 15.3. The third kappa shape index (κ3) is 3.58. The second-order valence-corrected chi connectivity index (χ2v) is 13.6. The first kappa shape index (κ1) is 25.0. The highest BCUT2D eigenvalue weighted by molar-refractivity contribution is 5.70. The van der Waals surface area contributed by atoms with E-state index in [1.807, 2.05) is 0 Å². The smallest absolute Gasteiger partial charge is 0.306 e. The molecule has 0 unspecified atom stereocenters. The van der Waals surface area contributed by atoms with Crippen molar-refractivity contribution in [2.75, 3.05) is 0 Å². The number of fused-ring (bicyclic) bond motifs is 5. The van der Waals surface area contributed by atoms with Crippen molar-refractivity contribution < 1.29 is 15.0 Å². The van der Waals surface area contributed by atoms with Gasteiger partial charge in [0.15, 0.2) is 0 Å². The number of carbonyl (C=O) groups is 1. The zero-order valence-electron chi connectivity index (χ0n) is 22.2. The van der Waals surface area contributed by atoms with Gasteiger partial charge < -0.3 is 10.2 Å². The van der Waals surface area contributed by atoms with E-state index in [1.165, 1.54) is 12.0 Å². The Kier molecular flexibility index (Phi) is 6.25. The summed E-state index contributed by atoms with van der Waals surface area (Å²) in [5.74, 6) is 0.502. The minimum Gasteiger partial charge on any atom is -0.481 e. The van der Waals surface area contributed by atoms with Gasteiger partial charge in [0.1, 0.15) is 0 Å². The van der Waals surface area contributed by atoms with Gasteiger partial charge in [-0.2, -0.15) is 0 Å². The van der Waals surface area contributed by atoms with Crippen LogP contribution >= 0.6 is 0 Å². The Morgan fingerprint density at radius 2 is 1.79 bits per heavy atom. The fourth-order valence-electron chi connectivity index (χ4n) is 9.43. The first-order valence-corrected chi connectivity index (χ1v) is 13.5. The molecule has 0 radical (unpaired) electrons. The van der Waals surface area contributed by atoms with Gasteiger partial charge in [0.05, 0.1) is 12.0 Å². The monoisotopic (exact) mass is 456 g/mol. The fourth-order valence-corrected chi connectivity index (χ4v) is 9.43. The van der Waals surface area contributed by atoms with Crippen molar-refractivity contribution in [3.63, 3.8) is 0 Å². The SMILES string of the molecule is CC(C)=CCC[C@H](C(=O)O)[C@@H]1CC[C@]2(C)C3=CC[C@H]4C(C)(C)[C@@H](O)CC[C@]4(C)[C@H]3CC[C@@]12C. The van der Waals surface area contributed by atoms with Crippen LogP contribution in [0.2, 0.25) is 0 Å². The van der Waals surface area contributed by atoms with E-state index >= 15 is 0 Å². The fraction of sp³-hybridized carbons (Fsp3) is 0.833. The van der Waals surface area contributed by atoms with Gasteiger partial charge in [-0.3, -0.25) is 4.79 Å². The lowest BCUT2D eigenvalue weighted by atomic mass is 9.41. The van der Waals surface area contributed by atoms with Crippen LogP contribution in [0.3, 0.4) is 0 Å². The standard InChI is InChI=1S/C30H48O3/c1-19(2)9-8-10-20(26(32)33)21-13-17-30(7)23-11-12-24-27(3,4)25(31)15-16-28(24,5)22(23)14-18-29(21,30)6/h9,11,20-22,24-25,31H,8,10,12-18H2,1-7H3,(H,32,33)/t20-,21-,22-,24-,25-,28+,29-,30+/m0/s1. The van der Waals surface area contributed by atoms with E-state index in [0.717, 1.165) is 51.4 Å². The molecule has 0 saturated heterocycles. The average Bonchev–Trinajstić information content (AvgIpc) is 3.00. The third-order valence-electron chi connectivity index (χ3n) is 11.7. The predicted octanol–water partition coefficient (Wildman–Crippen LogP) is 7.40. The minimum atomic E-state index is -0.595. The van der Waals surface area contributed by atoms with Crippen LogP contribution in [0.5, 0.6) is 0 Å². The zero-order chi connectivity index (χ0) is 24.4. The van der Waals surface area contributed by atoms with Gasteiger partial charge in [0, 0.05) is 0 Å². The Morgan fingerprint density at radius 1 is 1.09 bits per heavy atom. The van der Waals surface area contributed by atoms with Crippen molar-refractivity contribution in [3.8, 4) is 0 Å². The van der Waals surface area contributed by atoms with Gasteiger partial charge in [0.2, 0.25) is 0 Å². The number of hydrogen-bond acceptors (Lipinski definition) is 2. The van der Waals surface area contributed by atoms with E-state index in [9.17, 15) is 15.0 Å². The molecule has 0 spiro atoms. The summed E-state index contributed by atoms with van der Waals surface area (Å²) in [5.41, 5.74) is 3.27. The number of hydrogen-bond donors (Lipinski definition) is 2. The highest BCUT2D eigenvalue weighted by Crippen LogP contribution is 2.73. The molecule has 186 valence electrons. The predicted molar refractivity (Wildman–Crippen MR) is 135 cm³/mol. The van der Waals surface area contributed by atoms with E-state index in [-0.39, 0.29) is 39.6 Å². The van der Waals surface area contributed by atoms with Gasteiger partial charge in [-0.1, -0.05) is 57.9 Å². The van der Waals surface area contributed by atoms with Gasteiger partial charge in [0.25, 0.3) is 0 Å². The van der Waals surface area contributed by atoms with E-state index in [0.29, 0.717) is 11.8 Å². The van der Waals surface area contributed by atoms with Crippen molar-refractivity contribution in [2.45, 2.75) is 112 Å². The third-order valence-corrected chi connectivity index (χ3v) is 11.7. The molecule has 0 aliphatic heterocycles. The number of allylic oxidation sites excluding steroid dienone is 4. The van der Waals surface area contributed by atoms with Crippen LogP contribution in [0.1, 0.15) is 106 Å². The maximum Gasteiger partial charge on any atom is 0.306 e. The van der Waals surface area contributed by atoms with Crippen LogP contribution in [0.15, 0.2) is 23.3 Å². The summed E-state index contributed by atoms with van der Waals surface area (Å²) in [5, 5.41) is 21.0. The average molecular weight is 457 g/mol. The molecule has 2 N–H and O–H groups in total. The topological polar surface area (TPSA) is 57.5 Å². The molecular formula is C30H48O3. The Morgan fingerprint density at radius 3 is 2.42 bits per heavy atom. The molecular weight excluding hydrogens is 408 g/mol. The van der Waals surface area contributed by atoms with Crippen molar-refractivity contribution in [1.29, 1.82) is 0 Å². The van der Waals surface area contributed by atoms with Crippen LogP contribution in [-0.4, -0.2) is 22.3 Å². The van der Waals surface area contributed by atoms with E-state index < -0.39 is 5.97 Å². The van der Waals surface area contributed by atoms with Crippen LogP contribution in [0, 0.1) is 45.3 Å². The normalized spacial score (nSPS) is 44.7. The molecule has 0 aromatic carbocycles. The molecule has 4 rings (SSSR count). The molecule has 3 heteroatoms. The van der Waals surface area contributed by atoms with Crippen molar-refractivity contribution in [3.05, 3.63) is 23.3 Å². The largest absolute Gasteiger partial charge is 0.481 e. The van der Waals surface area contributed by atoms with Crippen LogP contribution < -0.4 is 0 Å². The lowest BCUT2D eigenvalue weighted by Gasteiger charge is -2.64.